The van der Waals surface area contributed by atoms with Crippen LogP contribution in [0, 0.1) is 0 Å². The highest BCUT2D eigenvalue weighted by Gasteiger charge is 1.98. The molecule has 0 fully saturated rings. The number of aliphatic hydroxyl groups is 1. The summed E-state index contributed by atoms with van der Waals surface area (Å²) in [5, 5.41) is 17.3. The fraction of sp³-hybridized carbons (Fsp3) is 0.556. The van der Waals surface area contributed by atoms with E-state index in [9.17, 15) is 0 Å². The van der Waals surface area contributed by atoms with Crippen LogP contribution in [0.1, 0.15) is 77.6 Å². The standard InChI is InChI=1S/C27H40N2O3/c1-2-3-4-5-6-7-8-9-10-11-22-31-26-17-13-24(14-18-26)28-29-25-15-19-27(20-16-25)32-23-12-21-30/h13-20,30H,2-12,21-23H2,1H3. The normalized spacial score (nSPS) is 11.2. The summed E-state index contributed by atoms with van der Waals surface area (Å²) in [7, 11) is 0. The van der Waals surface area contributed by atoms with Gasteiger partial charge in [-0.3, -0.25) is 0 Å². The first kappa shape index (κ1) is 25.9. The van der Waals surface area contributed by atoms with Gasteiger partial charge < -0.3 is 14.6 Å². The summed E-state index contributed by atoms with van der Waals surface area (Å²) in [4.78, 5) is 0. The van der Waals surface area contributed by atoms with E-state index < -0.39 is 0 Å². The average Bonchev–Trinajstić information content (AvgIpc) is 2.83. The lowest BCUT2D eigenvalue weighted by molar-refractivity contribution is 0.233. The van der Waals surface area contributed by atoms with Gasteiger partial charge in [-0.1, -0.05) is 64.7 Å². The van der Waals surface area contributed by atoms with Crippen LogP contribution in [-0.4, -0.2) is 24.9 Å². The van der Waals surface area contributed by atoms with Gasteiger partial charge in [0.05, 0.1) is 24.6 Å². The van der Waals surface area contributed by atoms with Crippen molar-refractivity contribution in [2.45, 2.75) is 77.6 Å². The molecule has 2 aromatic carbocycles. The van der Waals surface area contributed by atoms with E-state index in [-0.39, 0.29) is 6.61 Å². The number of azo groups is 1. The summed E-state index contributed by atoms with van der Waals surface area (Å²) in [5.74, 6) is 1.64. The second kappa shape index (κ2) is 17.2. The number of hydrogen-bond donors (Lipinski definition) is 1. The smallest absolute Gasteiger partial charge is 0.119 e. The number of benzene rings is 2. The van der Waals surface area contributed by atoms with Crippen LogP contribution in [0.15, 0.2) is 58.8 Å². The van der Waals surface area contributed by atoms with E-state index in [1.54, 1.807) is 0 Å². The third-order valence-electron chi connectivity index (χ3n) is 5.29. The first-order valence-electron chi connectivity index (χ1n) is 12.3. The quantitative estimate of drug-likeness (QED) is 0.188. The predicted molar refractivity (Wildman–Crippen MR) is 132 cm³/mol. The van der Waals surface area contributed by atoms with Crippen LogP contribution >= 0.6 is 0 Å². The molecule has 0 saturated carbocycles. The highest BCUT2D eigenvalue weighted by Crippen LogP contribution is 2.23. The van der Waals surface area contributed by atoms with Gasteiger partial charge in [-0.05, 0) is 55.0 Å². The van der Waals surface area contributed by atoms with Crippen LogP contribution in [0.2, 0.25) is 0 Å². The number of rotatable bonds is 18. The van der Waals surface area contributed by atoms with E-state index in [1.807, 2.05) is 48.5 Å². The number of aliphatic hydroxyl groups excluding tert-OH is 1. The number of ether oxygens (including phenoxy) is 2. The van der Waals surface area contributed by atoms with E-state index in [4.69, 9.17) is 14.6 Å². The summed E-state index contributed by atoms with van der Waals surface area (Å²) >= 11 is 0. The van der Waals surface area contributed by atoms with E-state index in [0.717, 1.165) is 35.9 Å². The first-order chi connectivity index (χ1) is 15.8. The van der Waals surface area contributed by atoms with E-state index in [1.165, 1.54) is 57.8 Å². The zero-order valence-corrected chi connectivity index (χ0v) is 19.7. The molecule has 0 spiro atoms. The molecule has 0 saturated heterocycles. The van der Waals surface area contributed by atoms with Crippen LogP contribution in [0.5, 0.6) is 11.5 Å². The average molecular weight is 441 g/mol. The van der Waals surface area contributed by atoms with Gasteiger partial charge in [0, 0.05) is 13.0 Å². The molecule has 0 aliphatic carbocycles. The molecule has 5 heteroatoms. The fourth-order valence-electron chi connectivity index (χ4n) is 3.37. The maximum absolute atomic E-state index is 8.78. The van der Waals surface area contributed by atoms with E-state index in [2.05, 4.69) is 17.2 Å². The minimum atomic E-state index is 0.134. The molecular weight excluding hydrogens is 400 g/mol. The van der Waals surface area contributed by atoms with E-state index in [0.29, 0.717) is 13.0 Å². The Kier molecular flexibility index (Phi) is 13.9. The van der Waals surface area contributed by atoms with Crippen LogP contribution in [-0.2, 0) is 0 Å². The third-order valence-corrected chi connectivity index (χ3v) is 5.29. The molecule has 0 atom stereocenters. The Morgan fingerprint density at radius 2 is 0.969 bits per heavy atom. The highest BCUT2D eigenvalue weighted by molar-refractivity contribution is 5.44. The van der Waals surface area contributed by atoms with Crippen LogP contribution < -0.4 is 9.47 Å². The van der Waals surface area contributed by atoms with Crippen molar-refractivity contribution in [2.75, 3.05) is 19.8 Å². The summed E-state index contributed by atoms with van der Waals surface area (Å²) in [6.45, 7) is 3.67. The Morgan fingerprint density at radius 3 is 1.41 bits per heavy atom. The van der Waals surface area contributed by atoms with Crippen molar-refractivity contribution in [3.63, 3.8) is 0 Å². The number of nitrogens with zero attached hydrogens (tertiary/aromatic N) is 2. The number of unbranched alkanes of at least 4 members (excludes halogenated alkanes) is 9. The van der Waals surface area contributed by atoms with Gasteiger partial charge in [0.25, 0.3) is 0 Å². The molecule has 0 unspecified atom stereocenters. The minimum absolute atomic E-state index is 0.134. The summed E-state index contributed by atoms with van der Waals surface area (Å²) in [6.07, 6.45) is 13.9. The number of hydrogen-bond acceptors (Lipinski definition) is 5. The van der Waals surface area contributed by atoms with Gasteiger partial charge in [0.1, 0.15) is 11.5 Å². The second-order valence-electron chi connectivity index (χ2n) is 8.14. The van der Waals surface area contributed by atoms with Gasteiger partial charge in [-0.25, -0.2) is 0 Å². The van der Waals surface area contributed by atoms with Gasteiger partial charge in [-0.15, -0.1) is 0 Å². The van der Waals surface area contributed by atoms with Crippen molar-refractivity contribution < 1.29 is 14.6 Å². The zero-order valence-electron chi connectivity index (χ0n) is 19.7. The molecule has 2 aromatic rings. The monoisotopic (exact) mass is 440 g/mol. The molecule has 0 aliphatic heterocycles. The fourth-order valence-corrected chi connectivity index (χ4v) is 3.37. The summed E-state index contributed by atoms with van der Waals surface area (Å²) < 4.78 is 11.4. The molecular formula is C27H40N2O3. The first-order valence-corrected chi connectivity index (χ1v) is 12.3. The molecule has 0 bridgehead atoms. The molecule has 1 N–H and O–H groups in total. The Bertz CT molecular complexity index is 730. The highest BCUT2D eigenvalue weighted by atomic mass is 16.5. The molecule has 0 amide bonds. The SMILES string of the molecule is CCCCCCCCCCCCOc1ccc(N=Nc2ccc(OCCCO)cc2)cc1. The Morgan fingerprint density at radius 1 is 0.562 bits per heavy atom. The molecule has 2 rings (SSSR count). The van der Waals surface area contributed by atoms with Crippen molar-refractivity contribution in [1.82, 2.24) is 0 Å². The zero-order chi connectivity index (χ0) is 22.7. The third kappa shape index (κ3) is 11.8. The maximum atomic E-state index is 8.78. The van der Waals surface area contributed by atoms with Crippen molar-refractivity contribution >= 4 is 11.4 Å². The summed E-state index contributed by atoms with van der Waals surface area (Å²) in [5.41, 5.74) is 1.56. The second-order valence-corrected chi connectivity index (χ2v) is 8.14. The largest absolute Gasteiger partial charge is 0.494 e. The van der Waals surface area contributed by atoms with E-state index >= 15 is 0 Å². The van der Waals surface area contributed by atoms with Gasteiger partial charge in [0.2, 0.25) is 0 Å². The molecule has 0 heterocycles. The molecule has 32 heavy (non-hydrogen) atoms. The molecule has 176 valence electrons. The topological polar surface area (TPSA) is 63.4 Å². The Hall–Kier alpha value is -2.40. The van der Waals surface area contributed by atoms with Gasteiger partial charge in [0.15, 0.2) is 0 Å². The summed E-state index contributed by atoms with van der Waals surface area (Å²) in [6, 6.07) is 15.2. The maximum Gasteiger partial charge on any atom is 0.119 e. The molecule has 0 aromatic heterocycles. The van der Waals surface area contributed by atoms with Crippen LogP contribution in [0.3, 0.4) is 0 Å². The van der Waals surface area contributed by atoms with Gasteiger partial charge in [-0.2, -0.15) is 10.2 Å². The lowest BCUT2D eigenvalue weighted by Crippen LogP contribution is -1.99. The minimum Gasteiger partial charge on any atom is -0.494 e. The van der Waals surface area contributed by atoms with Crippen molar-refractivity contribution in [3.05, 3.63) is 48.5 Å². The van der Waals surface area contributed by atoms with Crippen molar-refractivity contribution in [3.8, 4) is 11.5 Å². The Labute approximate surface area is 193 Å². The lowest BCUT2D eigenvalue weighted by atomic mass is 10.1. The molecule has 5 nitrogen and oxygen atoms in total. The van der Waals surface area contributed by atoms with Gasteiger partial charge >= 0.3 is 0 Å². The van der Waals surface area contributed by atoms with Crippen LogP contribution in [0.4, 0.5) is 11.4 Å². The van der Waals surface area contributed by atoms with Crippen LogP contribution in [0.25, 0.3) is 0 Å². The predicted octanol–water partition coefficient (Wildman–Crippen LogP) is 8.16. The van der Waals surface area contributed by atoms with Crippen molar-refractivity contribution in [2.24, 2.45) is 10.2 Å². The lowest BCUT2D eigenvalue weighted by Gasteiger charge is -2.06. The Balaban J connectivity index is 1.58. The molecule has 0 radical (unpaired) electrons. The molecule has 0 aliphatic rings. The van der Waals surface area contributed by atoms with Crippen molar-refractivity contribution in [1.29, 1.82) is 0 Å².